The smallest absolute Gasteiger partial charge is 0.224 e. The van der Waals surface area contributed by atoms with Crippen molar-refractivity contribution in [2.24, 2.45) is 0 Å². The SMILES string of the molecule is CCOCCN[C@@H]1CC(=O)N(C)[C@H]1c1cccnc1. The third-order valence-corrected chi connectivity index (χ3v) is 3.47. The van der Waals surface area contributed by atoms with Crippen LogP contribution in [0.2, 0.25) is 0 Å². The van der Waals surface area contributed by atoms with Gasteiger partial charge in [-0.1, -0.05) is 6.07 Å². The summed E-state index contributed by atoms with van der Waals surface area (Å²) in [6.45, 7) is 4.13. The van der Waals surface area contributed by atoms with Crippen molar-refractivity contribution in [1.82, 2.24) is 15.2 Å². The number of hydrogen-bond acceptors (Lipinski definition) is 4. The highest BCUT2D eigenvalue weighted by atomic mass is 16.5. The number of rotatable bonds is 6. The van der Waals surface area contributed by atoms with E-state index in [0.29, 0.717) is 13.0 Å². The van der Waals surface area contributed by atoms with E-state index in [-0.39, 0.29) is 18.0 Å². The Morgan fingerprint density at radius 1 is 1.58 bits per heavy atom. The summed E-state index contributed by atoms with van der Waals surface area (Å²) >= 11 is 0. The zero-order valence-electron chi connectivity index (χ0n) is 11.5. The Kier molecular flexibility index (Phi) is 4.87. The predicted octanol–water partition coefficient (Wildman–Crippen LogP) is 0.979. The monoisotopic (exact) mass is 263 g/mol. The molecule has 0 aromatic carbocycles. The molecule has 0 bridgehead atoms. The summed E-state index contributed by atoms with van der Waals surface area (Å²) in [7, 11) is 1.85. The highest BCUT2D eigenvalue weighted by molar-refractivity contribution is 5.80. The van der Waals surface area contributed by atoms with Crippen molar-refractivity contribution < 1.29 is 9.53 Å². The predicted molar refractivity (Wildman–Crippen MR) is 72.6 cm³/mol. The van der Waals surface area contributed by atoms with Crippen LogP contribution >= 0.6 is 0 Å². The van der Waals surface area contributed by atoms with Crippen molar-refractivity contribution in [3.63, 3.8) is 0 Å². The topological polar surface area (TPSA) is 54.5 Å². The number of ether oxygens (including phenoxy) is 1. The normalized spacial score (nSPS) is 23.1. The number of hydrogen-bond donors (Lipinski definition) is 1. The Hall–Kier alpha value is -1.46. The summed E-state index contributed by atoms with van der Waals surface area (Å²) < 4.78 is 5.31. The van der Waals surface area contributed by atoms with Gasteiger partial charge in [-0.15, -0.1) is 0 Å². The van der Waals surface area contributed by atoms with Crippen molar-refractivity contribution in [1.29, 1.82) is 0 Å². The fourth-order valence-corrected chi connectivity index (χ4v) is 2.52. The van der Waals surface area contributed by atoms with E-state index in [9.17, 15) is 4.79 Å². The molecule has 0 saturated carbocycles. The first kappa shape index (κ1) is 14.0. The molecule has 1 aromatic heterocycles. The molecule has 0 aliphatic carbocycles. The van der Waals surface area contributed by atoms with Gasteiger partial charge in [0.25, 0.3) is 0 Å². The van der Waals surface area contributed by atoms with Gasteiger partial charge in [-0.25, -0.2) is 0 Å². The van der Waals surface area contributed by atoms with E-state index in [0.717, 1.165) is 18.7 Å². The summed E-state index contributed by atoms with van der Waals surface area (Å²) in [5.41, 5.74) is 1.07. The van der Waals surface area contributed by atoms with Gasteiger partial charge >= 0.3 is 0 Å². The molecule has 1 aromatic rings. The number of likely N-dealkylation sites (tertiary alicyclic amines) is 1. The number of aromatic nitrogens is 1. The molecule has 1 fully saturated rings. The van der Waals surface area contributed by atoms with Gasteiger partial charge in [0.1, 0.15) is 0 Å². The second-order valence-electron chi connectivity index (χ2n) is 4.70. The third kappa shape index (κ3) is 3.30. The van der Waals surface area contributed by atoms with Gasteiger partial charge < -0.3 is 15.0 Å². The molecule has 2 rings (SSSR count). The zero-order valence-corrected chi connectivity index (χ0v) is 11.5. The lowest BCUT2D eigenvalue weighted by molar-refractivity contribution is -0.127. The van der Waals surface area contributed by atoms with Crippen LogP contribution in [0.25, 0.3) is 0 Å². The Morgan fingerprint density at radius 2 is 2.42 bits per heavy atom. The van der Waals surface area contributed by atoms with Crippen LogP contribution in [0, 0.1) is 0 Å². The number of carbonyl (C=O) groups is 1. The number of pyridine rings is 1. The molecule has 1 aliphatic heterocycles. The minimum absolute atomic E-state index is 0.0582. The first-order valence-corrected chi connectivity index (χ1v) is 6.70. The van der Waals surface area contributed by atoms with E-state index in [1.807, 2.05) is 32.3 Å². The van der Waals surface area contributed by atoms with Crippen LogP contribution in [0.15, 0.2) is 24.5 Å². The Morgan fingerprint density at radius 3 is 3.11 bits per heavy atom. The molecule has 0 spiro atoms. The van der Waals surface area contributed by atoms with Crippen LogP contribution in [0.3, 0.4) is 0 Å². The van der Waals surface area contributed by atoms with Crippen LogP contribution in [0.4, 0.5) is 0 Å². The maximum absolute atomic E-state index is 11.9. The second-order valence-corrected chi connectivity index (χ2v) is 4.70. The van der Waals surface area contributed by atoms with Crippen LogP contribution in [-0.2, 0) is 9.53 Å². The first-order chi connectivity index (χ1) is 9.24. The van der Waals surface area contributed by atoms with Gasteiger partial charge in [0.2, 0.25) is 5.91 Å². The maximum Gasteiger partial charge on any atom is 0.224 e. The van der Waals surface area contributed by atoms with Gasteiger partial charge in [-0.05, 0) is 18.6 Å². The zero-order chi connectivity index (χ0) is 13.7. The van der Waals surface area contributed by atoms with E-state index in [1.165, 1.54) is 0 Å². The maximum atomic E-state index is 11.9. The Labute approximate surface area is 114 Å². The van der Waals surface area contributed by atoms with Crippen molar-refractivity contribution in [2.75, 3.05) is 26.8 Å². The van der Waals surface area contributed by atoms with Gasteiger partial charge in [0.05, 0.1) is 12.6 Å². The molecule has 1 saturated heterocycles. The van der Waals surface area contributed by atoms with Crippen molar-refractivity contribution in [2.45, 2.75) is 25.4 Å². The number of amides is 1. The standard InChI is InChI=1S/C14H21N3O2/c1-3-19-8-7-16-12-9-13(18)17(2)14(12)11-5-4-6-15-10-11/h4-6,10,12,14,16H,3,7-9H2,1-2H3/t12-,14+/m1/s1. The molecular weight excluding hydrogens is 242 g/mol. The molecule has 1 amide bonds. The van der Waals surface area contributed by atoms with Gasteiger partial charge in [0.15, 0.2) is 0 Å². The first-order valence-electron chi connectivity index (χ1n) is 6.70. The number of nitrogens with zero attached hydrogens (tertiary/aromatic N) is 2. The average Bonchev–Trinajstić information content (AvgIpc) is 2.71. The molecular formula is C14H21N3O2. The highest BCUT2D eigenvalue weighted by Crippen LogP contribution is 2.31. The summed E-state index contributed by atoms with van der Waals surface area (Å²) in [4.78, 5) is 17.8. The van der Waals surface area contributed by atoms with E-state index in [2.05, 4.69) is 10.3 Å². The summed E-state index contributed by atoms with van der Waals surface area (Å²) in [6, 6.07) is 4.11. The lowest BCUT2D eigenvalue weighted by Gasteiger charge is -2.25. The lowest BCUT2D eigenvalue weighted by atomic mass is 10.0. The van der Waals surface area contributed by atoms with Crippen LogP contribution in [0.5, 0.6) is 0 Å². The Balaban J connectivity index is 2.02. The number of likely N-dealkylation sites (N-methyl/N-ethyl adjacent to an activating group) is 1. The van der Waals surface area contributed by atoms with Gasteiger partial charge in [0, 0.05) is 45.1 Å². The largest absolute Gasteiger partial charge is 0.380 e. The lowest BCUT2D eigenvalue weighted by Crippen LogP contribution is -2.37. The molecule has 0 unspecified atom stereocenters. The van der Waals surface area contributed by atoms with Crippen LogP contribution < -0.4 is 5.32 Å². The molecule has 0 radical (unpaired) electrons. The molecule has 5 heteroatoms. The Bertz CT molecular complexity index is 410. The molecule has 5 nitrogen and oxygen atoms in total. The van der Waals surface area contributed by atoms with Gasteiger partial charge in [-0.2, -0.15) is 0 Å². The number of nitrogens with one attached hydrogen (secondary N) is 1. The minimum atomic E-state index is 0.0582. The van der Waals surface area contributed by atoms with Crippen molar-refractivity contribution >= 4 is 5.91 Å². The van der Waals surface area contributed by atoms with E-state index in [1.54, 1.807) is 11.1 Å². The quantitative estimate of drug-likeness (QED) is 0.777. The van der Waals surface area contributed by atoms with Crippen LogP contribution in [-0.4, -0.2) is 48.6 Å². The fraction of sp³-hybridized carbons (Fsp3) is 0.571. The molecule has 1 N–H and O–H groups in total. The van der Waals surface area contributed by atoms with E-state index >= 15 is 0 Å². The summed E-state index contributed by atoms with van der Waals surface area (Å²) in [5.74, 6) is 0.169. The fourth-order valence-electron chi connectivity index (χ4n) is 2.52. The third-order valence-electron chi connectivity index (χ3n) is 3.47. The average molecular weight is 263 g/mol. The molecule has 1 aliphatic rings. The summed E-state index contributed by atoms with van der Waals surface area (Å²) in [6.07, 6.45) is 4.11. The van der Waals surface area contributed by atoms with Gasteiger partial charge in [-0.3, -0.25) is 9.78 Å². The second kappa shape index (κ2) is 6.63. The highest BCUT2D eigenvalue weighted by Gasteiger charge is 2.38. The van der Waals surface area contributed by atoms with Crippen LogP contribution in [0.1, 0.15) is 24.9 Å². The van der Waals surface area contributed by atoms with Crippen molar-refractivity contribution in [3.05, 3.63) is 30.1 Å². The minimum Gasteiger partial charge on any atom is -0.380 e. The molecule has 2 heterocycles. The van der Waals surface area contributed by atoms with E-state index < -0.39 is 0 Å². The number of carbonyl (C=O) groups excluding carboxylic acids is 1. The summed E-state index contributed by atoms with van der Waals surface area (Å²) in [5, 5.41) is 3.41. The van der Waals surface area contributed by atoms with Crippen molar-refractivity contribution in [3.8, 4) is 0 Å². The molecule has 2 atom stereocenters. The molecule has 104 valence electrons. The molecule has 19 heavy (non-hydrogen) atoms. The van der Waals surface area contributed by atoms with E-state index in [4.69, 9.17) is 4.74 Å².